The molecule has 25 heavy (non-hydrogen) atoms. The molecule has 0 aliphatic carbocycles. The van der Waals surface area contributed by atoms with Gasteiger partial charge in [-0.25, -0.2) is 0 Å². The lowest BCUT2D eigenvalue weighted by Crippen LogP contribution is -2.36. The van der Waals surface area contributed by atoms with Crippen LogP contribution in [-0.4, -0.2) is 23.6 Å². The van der Waals surface area contributed by atoms with Crippen LogP contribution in [0, 0.1) is 6.92 Å². The molecule has 0 aliphatic heterocycles. The maximum Gasteiger partial charge on any atom is 0.421 e. The molecule has 1 aromatic heterocycles. The molecular formula is C17H17F3N2O3. The van der Waals surface area contributed by atoms with Gasteiger partial charge in [-0.1, -0.05) is 12.1 Å². The molecule has 0 saturated carbocycles. The highest BCUT2D eigenvalue weighted by atomic mass is 19.4. The highest BCUT2D eigenvalue weighted by molar-refractivity contribution is 5.75. The molecule has 1 amide bonds. The fourth-order valence-electron chi connectivity index (χ4n) is 2.15. The van der Waals surface area contributed by atoms with Crippen molar-refractivity contribution in [2.24, 2.45) is 0 Å². The van der Waals surface area contributed by atoms with Crippen molar-refractivity contribution in [3.8, 4) is 5.75 Å². The van der Waals surface area contributed by atoms with Crippen molar-refractivity contribution >= 4 is 5.91 Å². The first-order chi connectivity index (χ1) is 11.8. The van der Waals surface area contributed by atoms with E-state index in [2.05, 4.69) is 5.32 Å². The molecule has 0 atom stereocenters. The Morgan fingerprint density at radius 2 is 2.00 bits per heavy atom. The van der Waals surface area contributed by atoms with E-state index in [0.717, 1.165) is 22.4 Å². The molecule has 1 heterocycles. The number of rotatable bonds is 6. The van der Waals surface area contributed by atoms with Gasteiger partial charge >= 0.3 is 6.18 Å². The quantitative estimate of drug-likeness (QED) is 0.811. The summed E-state index contributed by atoms with van der Waals surface area (Å²) >= 11 is 0. The Bertz CT molecular complexity index is 800. The maximum atomic E-state index is 12.7. The fourth-order valence-corrected chi connectivity index (χ4v) is 2.15. The molecule has 8 heteroatoms. The maximum absolute atomic E-state index is 12.7. The SMILES string of the molecule is Cc1cccc(OCCNC(=O)Cn2cccc(C(F)(F)F)c2=O)c1. The lowest BCUT2D eigenvalue weighted by molar-refractivity contribution is -0.139. The van der Waals surface area contributed by atoms with Gasteiger partial charge < -0.3 is 14.6 Å². The summed E-state index contributed by atoms with van der Waals surface area (Å²) in [5, 5.41) is 2.50. The molecule has 134 valence electrons. The minimum atomic E-state index is -4.75. The van der Waals surface area contributed by atoms with Crippen LogP contribution in [0.3, 0.4) is 0 Å². The Hall–Kier alpha value is -2.77. The van der Waals surface area contributed by atoms with E-state index in [-0.39, 0.29) is 13.2 Å². The van der Waals surface area contributed by atoms with Gasteiger partial charge in [0.25, 0.3) is 5.56 Å². The fraction of sp³-hybridized carbons (Fsp3) is 0.294. The second-order valence-corrected chi connectivity index (χ2v) is 5.37. The summed E-state index contributed by atoms with van der Waals surface area (Å²) in [6.45, 7) is 1.79. The third-order valence-corrected chi connectivity index (χ3v) is 3.32. The molecule has 2 aromatic rings. The van der Waals surface area contributed by atoms with Gasteiger partial charge in [-0.05, 0) is 36.8 Å². The molecule has 0 fully saturated rings. The molecule has 0 bridgehead atoms. The van der Waals surface area contributed by atoms with Gasteiger partial charge in [0.15, 0.2) is 0 Å². The Labute approximate surface area is 142 Å². The Kier molecular flexibility index (Phi) is 5.84. The number of hydrogen-bond acceptors (Lipinski definition) is 3. The van der Waals surface area contributed by atoms with Crippen LogP contribution in [0.4, 0.5) is 13.2 Å². The summed E-state index contributed by atoms with van der Waals surface area (Å²) in [7, 11) is 0. The van der Waals surface area contributed by atoms with E-state index in [0.29, 0.717) is 11.8 Å². The van der Waals surface area contributed by atoms with Crippen LogP contribution >= 0.6 is 0 Å². The Balaban J connectivity index is 1.86. The standard InChI is InChI=1S/C17H17F3N2O3/c1-12-4-2-5-13(10-12)25-9-7-21-15(23)11-22-8-3-6-14(16(22)24)17(18,19)20/h2-6,8,10H,7,9,11H2,1H3,(H,21,23). The number of alkyl halides is 3. The zero-order valence-corrected chi connectivity index (χ0v) is 13.5. The van der Waals surface area contributed by atoms with Gasteiger partial charge in [0.05, 0.1) is 6.54 Å². The van der Waals surface area contributed by atoms with Crippen molar-refractivity contribution in [1.29, 1.82) is 0 Å². The Morgan fingerprint density at radius 1 is 1.24 bits per heavy atom. The zero-order valence-electron chi connectivity index (χ0n) is 13.5. The largest absolute Gasteiger partial charge is 0.492 e. The summed E-state index contributed by atoms with van der Waals surface area (Å²) in [6.07, 6.45) is -3.61. The molecule has 1 aromatic carbocycles. The van der Waals surface area contributed by atoms with Crippen molar-refractivity contribution < 1.29 is 22.7 Å². The highest BCUT2D eigenvalue weighted by Gasteiger charge is 2.34. The van der Waals surface area contributed by atoms with Gasteiger partial charge in [0.2, 0.25) is 5.91 Å². The summed E-state index contributed by atoms with van der Waals surface area (Å²) in [4.78, 5) is 23.5. The van der Waals surface area contributed by atoms with E-state index >= 15 is 0 Å². The van der Waals surface area contributed by atoms with Crippen LogP contribution in [0.2, 0.25) is 0 Å². The number of nitrogens with zero attached hydrogens (tertiary/aromatic N) is 1. The van der Waals surface area contributed by atoms with Gasteiger partial charge in [0, 0.05) is 6.20 Å². The number of hydrogen-bond donors (Lipinski definition) is 1. The van der Waals surface area contributed by atoms with Crippen molar-refractivity contribution in [3.05, 3.63) is 64.1 Å². The van der Waals surface area contributed by atoms with Crippen molar-refractivity contribution in [3.63, 3.8) is 0 Å². The first-order valence-electron chi connectivity index (χ1n) is 7.50. The number of aromatic nitrogens is 1. The average molecular weight is 354 g/mol. The van der Waals surface area contributed by atoms with Gasteiger partial charge in [-0.15, -0.1) is 0 Å². The smallest absolute Gasteiger partial charge is 0.421 e. The van der Waals surface area contributed by atoms with E-state index in [1.54, 1.807) is 6.07 Å². The second kappa shape index (κ2) is 7.87. The van der Waals surface area contributed by atoms with Crippen molar-refractivity contribution in [2.75, 3.05) is 13.2 Å². The monoisotopic (exact) mass is 354 g/mol. The predicted molar refractivity (Wildman–Crippen MR) is 85.4 cm³/mol. The molecule has 1 N–H and O–H groups in total. The summed E-state index contributed by atoms with van der Waals surface area (Å²) in [5.74, 6) is 0.0811. The minimum Gasteiger partial charge on any atom is -0.492 e. The molecule has 0 saturated heterocycles. The lowest BCUT2D eigenvalue weighted by Gasteiger charge is -2.11. The molecular weight excluding hydrogens is 337 g/mol. The molecule has 0 spiro atoms. The highest BCUT2D eigenvalue weighted by Crippen LogP contribution is 2.25. The van der Waals surface area contributed by atoms with Crippen LogP contribution in [0.5, 0.6) is 5.75 Å². The van der Waals surface area contributed by atoms with Crippen LogP contribution in [0.25, 0.3) is 0 Å². The number of ether oxygens (including phenoxy) is 1. The normalized spacial score (nSPS) is 11.2. The molecule has 5 nitrogen and oxygen atoms in total. The summed E-state index contributed by atoms with van der Waals surface area (Å²) in [5.41, 5.74) is -1.52. The first-order valence-corrected chi connectivity index (χ1v) is 7.50. The average Bonchev–Trinajstić information content (AvgIpc) is 2.52. The van der Waals surface area contributed by atoms with E-state index in [9.17, 15) is 22.8 Å². The number of carbonyl (C=O) groups is 1. The number of amides is 1. The number of benzene rings is 1. The van der Waals surface area contributed by atoms with Gasteiger partial charge in [-0.2, -0.15) is 13.2 Å². The van der Waals surface area contributed by atoms with Gasteiger partial charge in [0.1, 0.15) is 24.5 Å². The van der Waals surface area contributed by atoms with Crippen LogP contribution in [0.15, 0.2) is 47.4 Å². The summed E-state index contributed by atoms with van der Waals surface area (Å²) < 4.78 is 44.2. The van der Waals surface area contributed by atoms with E-state index in [1.165, 1.54) is 0 Å². The third-order valence-electron chi connectivity index (χ3n) is 3.32. The minimum absolute atomic E-state index is 0.167. The molecule has 0 radical (unpaired) electrons. The summed E-state index contributed by atoms with van der Waals surface area (Å²) in [6, 6.07) is 9.14. The number of aryl methyl sites for hydroxylation is 1. The molecule has 0 unspecified atom stereocenters. The van der Waals surface area contributed by atoms with Crippen LogP contribution < -0.4 is 15.6 Å². The number of nitrogens with one attached hydrogen (secondary N) is 1. The van der Waals surface area contributed by atoms with Gasteiger partial charge in [-0.3, -0.25) is 9.59 Å². The second-order valence-electron chi connectivity index (χ2n) is 5.37. The number of pyridine rings is 1. The first kappa shape index (κ1) is 18.6. The lowest BCUT2D eigenvalue weighted by atomic mass is 10.2. The Morgan fingerprint density at radius 3 is 2.68 bits per heavy atom. The number of halogens is 3. The third kappa shape index (κ3) is 5.37. The molecule has 2 rings (SSSR count). The van der Waals surface area contributed by atoms with E-state index in [1.807, 2.05) is 25.1 Å². The predicted octanol–water partition coefficient (Wildman–Crippen LogP) is 2.37. The number of carbonyl (C=O) groups excluding carboxylic acids is 1. The van der Waals surface area contributed by atoms with E-state index < -0.39 is 29.8 Å². The topological polar surface area (TPSA) is 60.3 Å². The van der Waals surface area contributed by atoms with Crippen molar-refractivity contribution in [1.82, 2.24) is 9.88 Å². The van der Waals surface area contributed by atoms with E-state index in [4.69, 9.17) is 4.74 Å². The van der Waals surface area contributed by atoms with Crippen molar-refractivity contribution in [2.45, 2.75) is 19.6 Å². The molecule has 0 aliphatic rings. The van der Waals surface area contributed by atoms with Crippen LogP contribution in [0.1, 0.15) is 11.1 Å². The van der Waals surface area contributed by atoms with Crippen LogP contribution in [-0.2, 0) is 17.5 Å². The zero-order chi connectivity index (χ0) is 18.4.